The zero-order valence-electron chi connectivity index (χ0n) is 14.4. The van der Waals surface area contributed by atoms with Gasteiger partial charge in [0.1, 0.15) is 5.75 Å². The molecule has 2 aromatic rings. The summed E-state index contributed by atoms with van der Waals surface area (Å²) in [7, 11) is 0. The van der Waals surface area contributed by atoms with E-state index in [0.717, 1.165) is 38.3 Å². The first-order chi connectivity index (χ1) is 11.9. The molecule has 0 saturated carbocycles. The summed E-state index contributed by atoms with van der Waals surface area (Å²) in [5.41, 5.74) is 2.57. The van der Waals surface area contributed by atoms with Gasteiger partial charge in [0.05, 0.1) is 12.6 Å². The van der Waals surface area contributed by atoms with Crippen molar-refractivity contribution in [3.05, 3.63) is 65.7 Å². The van der Waals surface area contributed by atoms with E-state index >= 15 is 0 Å². The largest absolute Gasteiger partial charge is 0.494 e. The minimum absolute atomic E-state index is 0.213. The highest BCUT2D eigenvalue weighted by Gasteiger charge is 2.18. The molecule has 1 saturated heterocycles. The Kier molecular flexibility index (Phi) is 6.27. The lowest BCUT2D eigenvalue weighted by molar-refractivity contribution is 0.0658. The van der Waals surface area contributed by atoms with Crippen LogP contribution in [-0.2, 0) is 4.74 Å². The number of benzene rings is 2. The van der Waals surface area contributed by atoms with Crippen LogP contribution in [0.15, 0.2) is 54.6 Å². The van der Waals surface area contributed by atoms with Crippen LogP contribution >= 0.6 is 0 Å². The fourth-order valence-corrected chi connectivity index (χ4v) is 3.23. The number of hydrogen-bond donors (Lipinski definition) is 1. The second kappa shape index (κ2) is 8.86. The van der Waals surface area contributed by atoms with Crippen LogP contribution < -0.4 is 10.1 Å². The molecule has 0 bridgehead atoms. The second-order valence-corrected chi connectivity index (χ2v) is 6.31. The monoisotopic (exact) mass is 325 g/mol. The number of hydrogen-bond acceptors (Lipinski definition) is 3. The molecular weight excluding hydrogens is 298 g/mol. The minimum atomic E-state index is 0.213. The van der Waals surface area contributed by atoms with E-state index in [4.69, 9.17) is 9.47 Å². The molecule has 0 radical (unpaired) electrons. The number of ether oxygens (including phenoxy) is 2. The molecule has 0 aliphatic carbocycles. The molecule has 3 heteroatoms. The van der Waals surface area contributed by atoms with Gasteiger partial charge in [0.2, 0.25) is 0 Å². The quantitative estimate of drug-likeness (QED) is 0.828. The molecule has 2 aromatic carbocycles. The Morgan fingerprint density at radius 2 is 1.67 bits per heavy atom. The van der Waals surface area contributed by atoms with Gasteiger partial charge in [0.15, 0.2) is 0 Å². The van der Waals surface area contributed by atoms with Gasteiger partial charge < -0.3 is 14.8 Å². The molecule has 1 fully saturated rings. The molecule has 0 aromatic heterocycles. The van der Waals surface area contributed by atoms with Crippen LogP contribution in [0.4, 0.5) is 0 Å². The van der Waals surface area contributed by atoms with Gasteiger partial charge in [-0.25, -0.2) is 0 Å². The van der Waals surface area contributed by atoms with Crippen molar-refractivity contribution in [1.82, 2.24) is 5.32 Å². The van der Waals surface area contributed by atoms with Gasteiger partial charge >= 0.3 is 0 Å². The number of rotatable bonds is 7. The Morgan fingerprint density at radius 3 is 2.33 bits per heavy atom. The predicted octanol–water partition coefficient (Wildman–Crippen LogP) is 4.19. The fourth-order valence-electron chi connectivity index (χ4n) is 3.23. The van der Waals surface area contributed by atoms with Crippen molar-refractivity contribution in [2.24, 2.45) is 5.92 Å². The van der Waals surface area contributed by atoms with Crippen molar-refractivity contribution in [3.8, 4) is 5.75 Å². The molecule has 1 atom stereocenters. The highest BCUT2D eigenvalue weighted by atomic mass is 16.5. The van der Waals surface area contributed by atoms with Gasteiger partial charge in [0, 0.05) is 13.2 Å². The third kappa shape index (κ3) is 4.59. The molecule has 1 aliphatic heterocycles. The Balaban J connectivity index is 1.74. The Labute approximate surface area is 145 Å². The van der Waals surface area contributed by atoms with Gasteiger partial charge in [-0.05, 0) is 55.5 Å². The van der Waals surface area contributed by atoms with E-state index in [1.165, 1.54) is 11.1 Å². The van der Waals surface area contributed by atoms with Gasteiger partial charge in [-0.2, -0.15) is 0 Å². The molecule has 0 spiro atoms. The average Bonchev–Trinajstić information content (AvgIpc) is 2.65. The van der Waals surface area contributed by atoms with Gasteiger partial charge in [-0.1, -0.05) is 42.5 Å². The standard InChI is InChI=1S/C21H27NO2/c1-2-24-20-10-8-19(9-11-20)21(18-6-4-3-5-7-18)22-16-17-12-14-23-15-13-17/h3-11,17,21-22H,2,12-16H2,1H3. The molecule has 1 aliphatic rings. The van der Waals surface area contributed by atoms with Crippen LogP contribution in [0.5, 0.6) is 5.75 Å². The Bertz CT molecular complexity index is 591. The molecule has 24 heavy (non-hydrogen) atoms. The van der Waals surface area contributed by atoms with Crippen LogP contribution in [0.25, 0.3) is 0 Å². The smallest absolute Gasteiger partial charge is 0.119 e. The van der Waals surface area contributed by atoms with Crippen LogP contribution in [0.2, 0.25) is 0 Å². The molecule has 1 N–H and O–H groups in total. The van der Waals surface area contributed by atoms with E-state index in [-0.39, 0.29) is 6.04 Å². The summed E-state index contributed by atoms with van der Waals surface area (Å²) in [4.78, 5) is 0. The molecular formula is C21H27NO2. The summed E-state index contributed by atoms with van der Waals surface area (Å²) in [5, 5.41) is 3.78. The third-order valence-electron chi connectivity index (χ3n) is 4.61. The van der Waals surface area contributed by atoms with Crippen molar-refractivity contribution >= 4 is 0 Å². The molecule has 3 rings (SSSR count). The topological polar surface area (TPSA) is 30.5 Å². The highest BCUT2D eigenvalue weighted by molar-refractivity contribution is 5.35. The van der Waals surface area contributed by atoms with Gasteiger partial charge in [0.25, 0.3) is 0 Å². The summed E-state index contributed by atoms with van der Waals surface area (Å²) in [6, 6.07) is 19.3. The van der Waals surface area contributed by atoms with Crippen molar-refractivity contribution < 1.29 is 9.47 Å². The van der Waals surface area contributed by atoms with Crippen LogP contribution in [0.3, 0.4) is 0 Å². The van der Waals surface area contributed by atoms with E-state index in [0.29, 0.717) is 12.5 Å². The summed E-state index contributed by atoms with van der Waals surface area (Å²) in [6.07, 6.45) is 2.30. The SMILES string of the molecule is CCOc1ccc(C(NCC2CCOCC2)c2ccccc2)cc1. The third-order valence-corrected chi connectivity index (χ3v) is 4.61. The zero-order valence-corrected chi connectivity index (χ0v) is 14.4. The van der Waals surface area contributed by atoms with E-state index in [2.05, 4.69) is 59.9 Å². The molecule has 128 valence electrons. The summed E-state index contributed by atoms with van der Waals surface area (Å²) in [6.45, 7) is 5.52. The van der Waals surface area contributed by atoms with E-state index in [9.17, 15) is 0 Å². The first-order valence-electron chi connectivity index (χ1n) is 8.95. The van der Waals surface area contributed by atoms with Gasteiger partial charge in [-0.15, -0.1) is 0 Å². The highest BCUT2D eigenvalue weighted by Crippen LogP contribution is 2.25. The van der Waals surface area contributed by atoms with Gasteiger partial charge in [-0.3, -0.25) is 0 Å². The number of nitrogens with one attached hydrogen (secondary N) is 1. The van der Waals surface area contributed by atoms with Crippen LogP contribution in [0, 0.1) is 5.92 Å². The van der Waals surface area contributed by atoms with E-state index < -0.39 is 0 Å². The lowest BCUT2D eigenvalue weighted by atomic mass is 9.96. The maximum Gasteiger partial charge on any atom is 0.119 e. The Hall–Kier alpha value is -1.84. The van der Waals surface area contributed by atoms with Crippen molar-refractivity contribution in [3.63, 3.8) is 0 Å². The molecule has 0 amide bonds. The molecule has 1 heterocycles. The molecule has 1 unspecified atom stereocenters. The van der Waals surface area contributed by atoms with Crippen LogP contribution in [0.1, 0.15) is 36.9 Å². The molecule has 3 nitrogen and oxygen atoms in total. The normalized spacial score (nSPS) is 16.7. The first-order valence-corrected chi connectivity index (χ1v) is 8.95. The second-order valence-electron chi connectivity index (χ2n) is 6.31. The van der Waals surface area contributed by atoms with Crippen LogP contribution in [-0.4, -0.2) is 26.4 Å². The summed E-state index contributed by atoms with van der Waals surface area (Å²) < 4.78 is 11.0. The van der Waals surface area contributed by atoms with Crippen molar-refractivity contribution in [2.75, 3.05) is 26.4 Å². The predicted molar refractivity (Wildman–Crippen MR) is 97.4 cm³/mol. The van der Waals surface area contributed by atoms with E-state index in [1.54, 1.807) is 0 Å². The lowest BCUT2D eigenvalue weighted by Crippen LogP contribution is -2.31. The van der Waals surface area contributed by atoms with Crippen molar-refractivity contribution in [1.29, 1.82) is 0 Å². The fraction of sp³-hybridized carbons (Fsp3) is 0.429. The summed E-state index contributed by atoms with van der Waals surface area (Å²) in [5.74, 6) is 1.63. The Morgan fingerprint density at radius 1 is 1.00 bits per heavy atom. The summed E-state index contributed by atoms with van der Waals surface area (Å²) >= 11 is 0. The average molecular weight is 325 g/mol. The maximum atomic E-state index is 5.57. The first kappa shape index (κ1) is 17.0. The maximum absolute atomic E-state index is 5.57. The lowest BCUT2D eigenvalue weighted by Gasteiger charge is -2.26. The minimum Gasteiger partial charge on any atom is -0.494 e. The van der Waals surface area contributed by atoms with E-state index in [1.807, 2.05) is 6.92 Å². The van der Waals surface area contributed by atoms with Crippen molar-refractivity contribution in [2.45, 2.75) is 25.8 Å². The zero-order chi connectivity index (χ0) is 16.6.